The number of anilines is 1. The lowest BCUT2D eigenvalue weighted by molar-refractivity contribution is -0.384. The molecule has 138 valence electrons. The van der Waals surface area contributed by atoms with E-state index in [-0.39, 0.29) is 18.0 Å². The number of hydrogen-bond acceptors (Lipinski definition) is 6. The number of rotatable bonds is 8. The fraction of sp³-hybridized carbons (Fsp3) is 0.316. The molecule has 1 atom stereocenters. The van der Waals surface area contributed by atoms with E-state index in [1.807, 2.05) is 6.07 Å². The minimum atomic E-state index is -0.871. The number of phenols is 1. The molecule has 2 N–H and O–H groups in total. The highest BCUT2D eigenvalue weighted by atomic mass is 16.6. The summed E-state index contributed by atoms with van der Waals surface area (Å²) in [6.07, 6.45) is 0.639. The van der Waals surface area contributed by atoms with Gasteiger partial charge in [0.1, 0.15) is 5.75 Å². The van der Waals surface area contributed by atoms with Crippen LogP contribution in [0, 0.1) is 10.1 Å². The summed E-state index contributed by atoms with van der Waals surface area (Å²) >= 11 is 0. The van der Waals surface area contributed by atoms with Crippen molar-refractivity contribution < 1.29 is 15.1 Å². The molecule has 0 aliphatic heterocycles. The van der Waals surface area contributed by atoms with Crippen LogP contribution in [0.25, 0.3) is 0 Å². The number of phenolic OH excluding ortho intramolecular Hbond substituents is 1. The lowest BCUT2D eigenvalue weighted by atomic mass is 10.1. The van der Waals surface area contributed by atoms with E-state index in [4.69, 9.17) is 0 Å². The van der Waals surface area contributed by atoms with Crippen molar-refractivity contribution in [2.24, 2.45) is 4.99 Å². The predicted molar refractivity (Wildman–Crippen MR) is 102 cm³/mol. The van der Waals surface area contributed by atoms with E-state index in [2.05, 4.69) is 23.7 Å². The summed E-state index contributed by atoms with van der Waals surface area (Å²) < 4.78 is 0. The van der Waals surface area contributed by atoms with Gasteiger partial charge in [0.2, 0.25) is 0 Å². The van der Waals surface area contributed by atoms with Crippen molar-refractivity contribution in [3.8, 4) is 5.75 Å². The summed E-state index contributed by atoms with van der Waals surface area (Å²) in [6, 6.07) is 11.1. The number of benzene rings is 2. The first kappa shape index (κ1) is 19.4. The zero-order valence-corrected chi connectivity index (χ0v) is 14.9. The number of nitro groups is 1. The van der Waals surface area contributed by atoms with Gasteiger partial charge in [0.05, 0.1) is 17.6 Å². The molecule has 2 aromatic carbocycles. The average Bonchev–Trinajstić information content (AvgIpc) is 2.64. The first-order valence-corrected chi connectivity index (χ1v) is 8.46. The van der Waals surface area contributed by atoms with Crippen LogP contribution >= 0.6 is 0 Å². The van der Waals surface area contributed by atoms with Crippen LogP contribution in [0.1, 0.15) is 31.1 Å². The van der Waals surface area contributed by atoms with E-state index in [0.717, 1.165) is 18.8 Å². The monoisotopic (exact) mass is 357 g/mol. The van der Waals surface area contributed by atoms with E-state index in [9.17, 15) is 20.3 Å². The van der Waals surface area contributed by atoms with Crippen LogP contribution in [-0.4, -0.2) is 41.0 Å². The highest BCUT2D eigenvalue weighted by molar-refractivity contribution is 5.84. The number of non-ortho nitro benzene ring substituents is 1. The zero-order valence-electron chi connectivity index (χ0n) is 14.9. The highest BCUT2D eigenvalue weighted by Gasteiger charge is 2.10. The maximum atomic E-state index is 10.6. The van der Waals surface area contributed by atoms with Crippen LogP contribution in [0.4, 0.5) is 11.4 Å². The van der Waals surface area contributed by atoms with Crippen LogP contribution in [0.2, 0.25) is 0 Å². The molecule has 0 spiro atoms. The first-order chi connectivity index (χ1) is 12.5. The highest BCUT2D eigenvalue weighted by Crippen LogP contribution is 2.24. The van der Waals surface area contributed by atoms with Gasteiger partial charge in [0, 0.05) is 48.8 Å². The topological polar surface area (TPSA) is 99.2 Å². The zero-order chi connectivity index (χ0) is 19.1. The van der Waals surface area contributed by atoms with Gasteiger partial charge < -0.3 is 15.1 Å². The van der Waals surface area contributed by atoms with E-state index in [1.165, 1.54) is 30.5 Å². The molecule has 2 aromatic rings. The summed E-state index contributed by atoms with van der Waals surface area (Å²) in [5.41, 5.74) is 2.03. The minimum Gasteiger partial charge on any atom is -0.507 e. The molecule has 7 heteroatoms. The van der Waals surface area contributed by atoms with Gasteiger partial charge in [-0.2, -0.15) is 0 Å². The quantitative estimate of drug-likeness (QED) is 0.429. The molecule has 2 rings (SSSR count). The second-order valence-corrected chi connectivity index (χ2v) is 5.77. The number of aliphatic imine (C=N–C) groups is 1. The van der Waals surface area contributed by atoms with Gasteiger partial charge in [-0.05, 0) is 43.7 Å². The summed E-state index contributed by atoms with van der Waals surface area (Å²) in [5, 5.41) is 30.9. The van der Waals surface area contributed by atoms with Gasteiger partial charge in [0.25, 0.3) is 5.69 Å². The van der Waals surface area contributed by atoms with Crippen molar-refractivity contribution in [3.05, 3.63) is 63.7 Å². The molecule has 0 amide bonds. The summed E-state index contributed by atoms with van der Waals surface area (Å²) in [7, 11) is 0. The predicted octanol–water partition coefficient (Wildman–Crippen LogP) is 3.30. The second kappa shape index (κ2) is 8.96. The van der Waals surface area contributed by atoms with Crippen LogP contribution in [0.3, 0.4) is 0 Å². The minimum absolute atomic E-state index is 0.0253. The Labute approximate surface area is 152 Å². The van der Waals surface area contributed by atoms with Crippen molar-refractivity contribution in [1.82, 2.24) is 0 Å². The Morgan fingerprint density at radius 2 is 1.85 bits per heavy atom. The van der Waals surface area contributed by atoms with Crippen molar-refractivity contribution in [1.29, 1.82) is 0 Å². The number of aliphatic hydroxyl groups excluding tert-OH is 1. The summed E-state index contributed by atoms with van der Waals surface area (Å²) in [4.78, 5) is 16.4. The molecule has 0 bridgehead atoms. The third kappa shape index (κ3) is 4.80. The fourth-order valence-corrected chi connectivity index (χ4v) is 2.60. The van der Waals surface area contributed by atoms with E-state index in [1.54, 1.807) is 12.1 Å². The first-order valence-electron chi connectivity index (χ1n) is 8.46. The lowest BCUT2D eigenvalue weighted by Crippen LogP contribution is -2.21. The molecule has 0 saturated carbocycles. The van der Waals surface area contributed by atoms with Crippen molar-refractivity contribution >= 4 is 17.6 Å². The van der Waals surface area contributed by atoms with E-state index in [0.29, 0.717) is 11.1 Å². The number of aromatic hydroxyl groups is 1. The Bertz CT molecular complexity index is 771. The number of aliphatic hydroxyl groups is 1. The molecule has 0 aliphatic rings. The lowest BCUT2D eigenvalue weighted by Gasteiger charge is -2.21. The van der Waals surface area contributed by atoms with Gasteiger partial charge in [-0.25, -0.2) is 0 Å². The van der Waals surface area contributed by atoms with Crippen LogP contribution in [0.5, 0.6) is 5.75 Å². The molecule has 26 heavy (non-hydrogen) atoms. The van der Waals surface area contributed by atoms with Crippen molar-refractivity contribution in [3.63, 3.8) is 0 Å². The molecule has 0 fully saturated rings. The Morgan fingerprint density at radius 3 is 2.38 bits per heavy atom. The largest absolute Gasteiger partial charge is 0.507 e. The van der Waals surface area contributed by atoms with Crippen LogP contribution in [0.15, 0.2) is 47.5 Å². The Kier molecular flexibility index (Phi) is 6.68. The van der Waals surface area contributed by atoms with E-state index < -0.39 is 11.0 Å². The third-order valence-corrected chi connectivity index (χ3v) is 4.14. The van der Waals surface area contributed by atoms with Crippen molar-refractivity contribution in [2.45, 2.75) is 20.0 Å². The second-order valence-electron chi connectivity index (χ2n) is 5.77. The molecule has 0 aromatic heterocycles. The van der Waals surface area contributed by atoms with Crippen molar-refractivity contribution in [2.75, 3.05) is 24.5 Å². The Morgan fingerprint density at radius 1 is 1.19 bits per heavy atom. The Balaban J connectivity index is 2.02. The molecule has 0 aliphatic carbocycles. The smallest absolute Gasteiger partial charge is 0.269 e. The maximum Gasteiger partial charge on any atom is 0.269 e. The van der Waals surface area contributed by atoms with Gasteiger partial charge in [-0.1, -0.05) is 0 Å². The fourth-order valence-electron chi connectivity index (χ4n) is 2.60. The van der Waals surface area contributed by atoms with Gasteiger partial charge >= 0.3 is 0 Å². The standard InChI is InChI=1S/C19H23N3O4/c1-3-21(4-2)17-10-7-15(18(23)11-17)12-20-13-19(24)14-5-8-16(9-6-14)22(25)26/h5-12,19,23-24H,3-4,13H2,1-2H3/t19-/m1/s1. The molecule has 0 heterocycles. The number of nitrogens with zero attached hydrogens (tertiary/aromatic N) is 3. The van der Waals surface area contributed by atoms with Gasteiger partial charge in [0.15, 0.2) is 0 Å². The average molecular weight is 357 g/mol. The third-order valence-electron chi connectivity index (χ3n) is 4.14. The van der Waals surface area contributed by atoms with Gasteiger partial charge in [-0.15, -0.1) is 0 Å². The molecular weight excluding hydrogens is 334 g/mol. The molecule has 0 radical (unpaired) electrons. The van der Waals surface area contributed by atoms with Crippen LogP contribution < -0.4 is 4.90 Å². The molecular formula is C19H23N3O4. The number of hydrogen-bond donors (Lipinski definition) is 2. The van der Waals surface area contributed by atoms with Crippen LogP contribution in [-0.2, 0) is 0 Å². The van der Waals surface area contributed by atoms with Gasteiger partial charge in [-0.3, -0.25) is 15.1 Å². The molecule has 0 saturated heterocycles. The molecule has 0 unspecified atom stereocenters. The summed E-state index contributed by atoms with van der Waals surface area (Å²) in [5.74, 6) is 0.128. The SMILES string of the molecule is CCN(CC)c1ccc(C=NC[C@@H](O)c2ccc([N+](=O)[O-])cc2)c(O)c1. The summed E-state index contributed by atoms with van der Waals surface area (Å²) in [6.45, 7) is 5.90. The normalized spacial score (nSPS) is 12.3. The Hall–Kier alpha value is -2.93. The van der Waals surface area contributed by atoms with E-state index >= 15 is 0 Å². The maximum absolute atomic E-state index is 10.6. The molecule has 7 nitrogen and oxygen atoms in total. The number of nitro benzene ring substituents is 1.